The Morgan fingerprint density at radius 3 is 2.31 bits per heavy atom. The van der Waals surface area contributed by atoms with E-state index >= 15 is 0 Å². The number of rotatable bonds is 3. The molecule has 6 unspecified atom stereocenters. The molecule has 1 fully saturated rings. The summed E-state index contributed by atoms with van der Waals surface area (Å²) in [5.74, 6) is 0. The first-order valence-electron chi connectivity index (χ1n) is 4.87. The number of aliphatic hydroxyl groups is 3. The molecule has 0 aliphatic carbocycles. The van der Waals surface area contributed by atoms with E-state index in [0.29, 0.717) is 0 Å². The van der Waals surface area contributed by atoms with Gasteiger partial charge in [0.05, 0.1) is 12.7 Å². The topological polar surface area (TPSA) is 116 Å². The first-order chi connectivity index (χ1) is 7.22. The molecule has 96 valence electrons. The Morgan fingerprint density at radius 2 is 1.81 bits per heavy atom. The van der Waals surface area contributed by atoms with Crippen molar-refractivity contribution in [3.63, 3.8) is 0 Å². The smallest absolute Gasteiger partial charge is 0.325 e. The van der Waals surface area contributed by atoms with Crippen LogP contribution in [0, 0.1) is 0 Å². The summed E-state index contributed by atoms with van der Waals surface area (Å²) in [4.78, 5) is 8.90. The highest BCUT2D eigenvalue weighted by molar-refractivity contribution is 7.51. The summed E-state index contributed by atoms with van der Waals surface area (Å²) in [6.07, 6.45) is -5.50. The number of aliphatic hydroxyl groups excluding tert-OH is 3. The van der Waals surface area contributed by atoms with Gasteiger partial charge in [0.25, 0.3) is 0 Å². The van der Waals surface area contributed by atoms with Crippen LogP contribution in [0.1, 0.15) is 6.92 Å². The highest BCUT2D eigenvalue weighted by Gasteiger charge is 2.42. The van der Waals surface area contributed by atoms with E-state index in [4.69, 9.17) is 9.63 Å². The average Bonchev–Trinajstić information content (AvgIpc) is 2.17. The van der Waals surface area contributed by atoms with Gasteiger partial charge >= 0.3 is 7.60 Å². The van der Waals surface area contributed by atoms with Gasteiger partial charge in [-0.05, 0) is 6.92 Å². The number of hydrogen-bond acceptors (Lipinski definition) is 6. The molecule has 0 spiro atoms. The third kappa shape index (κ3) is 3.49. The summed E-state index contributed by atoms with van der Waals surface area (Å²) in [5, 5.41) is 28.4. The fourth-order valence-corrected chi connectivity index (χ4v) is 1.91. The number of hydrogen-bond donors (Lipinski definition) is 4. The molecule has 8 heteroatoms. The fraction of sp³-hybridized carbons (Fsp3) is 1.00. The second-order valence-corrected chi connectivity index (χ2v) is 5.81. The van der Waals surface area contributed by atoms with Gasteiger partial charge in [-0.2, -0.15) is 0 Å². The SMILES string of the molecule is CC1OC(COP(C)(=O)O)C(O)C(O)C1O. The molecule has 0 aromatic heterocycles. The Bertz CT molecular complexity index is 278. The van der Waals surface area contributed by atoms with Crippen molar-refractivity contribution >= 4 is 7.60 Å². The predicted octanol–water partition coefficient (Wildman–Crippen LogP) is -1.31. The molecule has 0 aromatic rings. The normalized spacial score (nSPS) is 44.0. The average molecular weight is 256 g/mol. The van der Waals surface area contributed by atoms with Crippen LogP contribution in [0.3, 0.4) is 0 Å². The van der Waals surface area contributed by atoms with E-state index in [9.17, 15) is 19.9 Å². The Labute approximate surface area is 93.2 Å². The van der Waals surface area contributed by atoms with Crippen molar-refractivity contribution in [2.75, 3.05) is 13.3 Å². The first-order valence-corrected chi connectivity index (χ1v) is 6.89. The zero-order chi connectivity index (χ0) is 12.5. The number of ether oxygens (including phenoxy) is 1. The summed E-state index contributed by atoms with van der Waals surface area (Å²) in [6, 6.07) is 0. The van der Waals surface area contributed by atoms with Crippen molar-refractivity contribution in [1.29, 1.82) is 0 Å². The van der Waals surface area contributed by atoms with Crippen molar-refractivity contribution in [2.45, 2.75) is 37.4 Å². The third-order valence-corrected chi connectivity index (χ3v) is 3.06. The van der Waals surface area contributed by atoms with Gasteiger partial charge in [-0.3, -0.25) is 4.57 Å². The molecule has 6 atom stereocenters. The standard InChI is InChI=1S/C8H17O7P/c1-4-6(9)8(11)7(10)5(15-4)3-14-16(2,12)13/h4-11H,3H2,1-2H3,(H,12,13). The molecule has 0 radical (unpaired) electrons. The summed E-state index contributed by atoms with van der Waals surface area (Å²) >= 11 is 0. The molecule has 1 saturated heterocycles. The Hall–Kier alpha value is -0.0100. The van der Waals surface area contributed by atoms with Gasteiger partial charge in [0.1, 0.15) is 24.4 Å². The lowest BCUT2D eigenvalue weighted by atomic mass is 9.96. The molecule has 1 rings (SSSR count). The van der Waals surface area contributed by atoms with Crippen LogP contribution in [-0.2, 0) is 13.8 Å². The largest absolute Gasteiger partial charge is 0.388 e. The van der Waals surface area contributed by atoms with Gasteiger partial charge in [0, 0.05) is 6.66 Å². The van der Waals surface area contributed by atoms with E-state index < -0.39 is 38.1 Å². The predicted molar refractivity (Wildman–Crippen MR) is 54.1 cm³/mol. The first kappa shape index (κ1) is 14.1. The van der Waals surface area contributed by atoms with Crippen molar-refractivity contribution < 1.29 is 34.0 Å². The molecule has 1 heterocycles. The molecule has 0 aromatic carbocycles. The second kappa shape index (κ2) is 5.10. The van der Waals surface area contributed by atoms with Gasteiger partial charge in [0.2, 0.25) is 0 Å². The van der Waals surface area contributed by atoms with Crippen LogP contribution in [0.4, 0.5) is 0 Å². The molecule has 1 aliphatic rings. The quantitative estimate of drug-likeness (QED) is 0.463. The Morgan fingerprint density at radius 1 is 1.25 bits per heavy atom. The van der Waals surface area contributed by atoms with Crippen LogP contribution in [0.5, 0.6) is 0 Å². The van der Waals surface area contributed by atoms with Crippen molar-refractivity contribution in [1.82, 2.24) is 0 Å². The minimum atomic E-state index is -3.65. The van der Waals surface area contributed by atoms with Crippen LogP contribution in [0.15, 0.2) is 0 Å². The van der Waals surface area contributed by atoms with E-state index in [1.165, 1.54) is 6.92 Å². The van der Waals surface area contributed by atoms with Crippen molar-refractivity contribution in [2.24, 2.45) is 0 Å². The minimum Gasteiger partial charge on any atom is -0.388 e. The van der Waals surface area contributed by atoms with E-state index in [1.807, 2.05) is 0 Å². The van der Waals surface area contributed by atoms with E-state index in [2.05, 4.69) is 4.52 Å². The van der Waals surface area contributed by atoms with E-state index in [1.54, 1.807) is 0 Å². The van der Waals surface area contributed by atoms with Crippen molar-refractivity contribution in [3.05, 3.63) is 0 Å². The van der Waals surface area contributed by atoms with Crippen molar-refractivity contribution in [3.8, 4) is 0 Å². The maximum absolute atomic E-state index is 10.9. The molecular weight excluding hydrogens is 239 g/mol. The van der Waals surface area contributed by atoms with Gasteiger partial charge in [-0.15, -0.1) is 0 Å². The summed E-state index contributed by atoms with van der Waals surface area (Å²) in [5.41, 5.74) is 0. The monoisotopic (exact) mass is 256 g/mol. The Balaban J connectivity index is 2.57. The lowest BCUT2D eigenvalue weighted by Gasteiger charge is -2.39. The summed E-state index contributed by atoms with van der Waals surface area (Å²) in [6.45, 7) is 2.22. The lowest BCUT2D eigenvalue weighted by Crippen LogP contribution is -2.57. The molecule has 0 bridgehead atoms. The molecule has 4 N–H and O–H groups in total. The zero-order valence-corrected chi connectivity index (χ0v) is 9.95. The molecule has 0 saturated carbocycles. The molecule has 7 nitrogen and oxygen atoms in total. The maximum atomic E-state index is 10.9. The van der Waals surface area contributed by atoms with Gasteiger partial charge in [0.15, 0.2) is 0 Å². The summed E-state index contributed by atoms with van der Waals surface area (Å²) in [7, 11) is -3.65. The van der Waals surface area contributed by atoms with Crippen LogP contribution in [0.25, 0.3) is 0 Å². The highest BCUT2D eigenvalue weighted by Crippen LogP contribution is 2.37. The maximum Gasteiger partial charge on any atom is 0.325 e. The van der Waals surface area contributed by atoms with Gasteiger partial charge in [-0.1, -0.05) is 0 Å². The van der Waals surface area contributed by atoms with Crippen LogP contribution >= 0.6 is 7.60 Å². The molecule has 16 heavy (non-hydrogen) atoms. The zero-order valence-electron chi connectivity index (χ0n) is 9.05. The van der Waals surface area contributed by atoms with Gasteiger partial charge < -0.3 is 29.5 Å². The lowest BCUT2D eigenvalue weighted by molar-refractivity contribution is -0.222. The molecule has 1 aliphatic heterocycles. The minimum absolute atomic E-state index is 0.320. The summed E-state index contributed by atoms with van der Waals surface area (Å²) < 4.78 is 20.6. The van der Waals surface area contributed by atoms with Gasteiger partial charge in [-0.25, -0.2) is 0 Å². The van der Waals surface area contributed by atoms with E-state index in [-0.39, 0.29) is 6.61 Å². The third-order valence-electron chi connectivity index (χ3n) is 2.43. The van der Waals surface area contributed by atoms with Crippen LogP contribution in [0.2, 0.25) is 0 Å². The van der Waals surface area contributed by atoms with Crippen LogP contribution < -0.4 is 0 Å². The van der Waals surface area contributed by atoms with E-state index in [0.717, 1.165) is 6.66 Å². The Kier molecular flexibility index (Phi) is 4.48. The molecular formula is C8H17O7P. The second-order valence-electron chi connectivity index (χ2n) is 3.95. The van der Waals surface area contributed by atoms with Crippen LogP contribution in [-0.4, -0.2) is 64.0 Å². The molecule has 0 amide bonds. The highest BCUT2D eigenvalue weighted by atomic mass is 31.2. The fourth-order valence-electron chi connectivity index (χ4n) is 1.49.